The van der Waals surface area contributed by atoms with Crippen LogP contribution in [0.4, 0.5) is 0 Å². The third kappa shape index (κ3) is 4.77. The van der Waals surface area contributed by atoms with Crippen LogP contribution in [0.2, 0.25) is 0 Å². The summed E-state index contributed by atoms with van der Waals surface area (Å²) >= 11 is 1.83. The minimum atomic E-state index is -0.273. The minimum Gasteiger partial charge on any atom is -0.228 e. The summed E-state index contributed by atoms with van der Waals surface area (Å²) in [5.74, 6) is 0.716. The molecule has 0 N–H and O–H groups in total. The van der Waals surface area contributed by atoms with Gasteiger partial charge in [0.15, 0.2) is 5.82 Å². The van der Waals surface area contributed by atoms with Gasteiger partial charge < -0.3 is 0 Å². The van der Waals surface area contributed by atoms with E-state index in [1.807, 2.05) is 29.5 Å². The van der Waals surface area contributed by atoms with Gasteiger partial charge in [0.05, 0.1) is 11.4 Å². The van der Waals surface area contributed by atoms with Crippen molar-refractivity contribution in [3.63, 3.8) is 0 Å². The molecule has 0 saturated heterocycles. The van der Waals surface area contributed by atoms with E-state index in [9.17, 15) is 0 Å². The number of rotatable bonds is 5. The highest BCUT2D eigenvalue weighted by Gasteiger charge is 2.40. The zero-order valence-electron chi connectivity index (χ0n) is 28.0. The summed E-state index contributed by atoms with van der Waals surface area (Å²) < 4.78 is 2.58. The summed E-state index contributed by atoms with van der Waals surface area (Å²) in [5, 5.41) is 2.54. The Labute approximate surface area is 301 Å². The third-order valence-electron chi connectivity index (χ3n) is 10.6. The van der Waals surface area contributed by atoms with Crippen LogP contribution >= 0.6 is 11.3 Å². The molecule has 0 amide bonds. The molecule has 2 aromatic heterocycles. The monoisotopic (exact) mass is 668 g/mol. The summed E-state index contributed by atoms with van der Waals surface area (Å²) in [4.78, 5) is 10.4. The quantitative estimate of drug-likeness (QED) is 0.182. The fourth-order valence-electron chi connectivity index (χ4n) is 8.05. The van der Waals surface area contributed by atoms with Crippen molar-refractivity contribution >= 4 is 31.5 Å². The van der Waals surface area contributed by atoms with E-state index in [1.54, 1.807) is 0 Å². The Balaban J connectivity index is 1.14. The summed E-state index contributed by atoms with van der Waals surface area (Å²) in [6, 6.07) is 63.3. The number of fused-ring (bicyclic) bond motifs is 6. The normalized spacial score (nSPS) is 13.0. The molecule has 0 radical (unpaired) electrons. The van der Waals surface area contributed by atoms with Gasteiger partial charge in [-0.15, -0.1) is 11.3 Å². The van der Waals surface area contributed by atoms with Crippen LogP contribution < -0.4 is 0 Å². The Morgan fingerprint density at radius 1 is 0.412 bits per heavy atom. The van der Waals surface area contributed by atoms with E-state index in [2.05, 4.69) is 165 Å². The van der Waals surface area contributed by atoms with E-state index in [1.165, 1.54) is 53.6 Å². The first-order valence-corrected chi connectivity index (χ1v) is 18.2. The molecule has 0 atom stereocenters. The van der Waals surface area contributed by atoms with Gasteiger partial charge >= 0.3 is 0 Å². The minimum absolute atomic E-state index is 0.273. The van der Waals surface area contributed by atoms with Crippen LogP contribution in [0.3, 0.4) is 0 Å². The number of aromatic nitrogens is 2. The Morgan fingerprint density at radius 2 is 1.02 bits per heavy atom. The Bertz CT molecular complexity index is 2730. The van der Waals surface area contributed by atoms with Crippen LogP contribution in [0.5, 0.6) is 0 Å². The van der Waals surface area contributed by atoms with Gasteiger partial charge in [0, 0.05) is 42.3 Å². The molecule has 0 spiro atoms. The van der Waals surface area contributed by atoms with Crippen molar-refractivity contribution in [2.45, 2.75) is 12.3 Å². The Morgan fingerprint density at radius 3 is 1.80 bits per heavy atom. The first-order chi connectivity index (χ1) is 25.1. The van der Waals surface area contributed by atoms with Gasteiger partial charge in [0.25, 0.3) is 0 Å². The maximum Gasteiger partial charge on any atom is 0.160 e. The average molecular weight is 669 g/mol. The molecule has 0 unspecified atom stereocenters. The molecule has 0 aliphatic heterocycles. The van der Waals surface area contributed by atoms with E-state index < -0.39 is 0 Å². The second kappa shape index (κ2) is 11.7. The molecule has 9 aromatic rings. The van der Waals surface area contributed by atoms with Crippen LogP contribution in [0, 0.1) is 0 Å². The molecule has 3 heteroatoms. The largest absolute Gasteiger partial charge is 0.228 e. The summed E-state index contributed by atoms with van der Waals surface area (Å²) in [6.45, 7) is 2.37. The number of hydrogen-bond acceptors (Lipinski definition) is 3. The molecular formula is C48H32N2S. The second-order valence-electron chi connectivity index (χ2n) is 13.5. The van der Waals surface area contributed by atoms with Crippen molar-refractivity contribution in [3.8, 4) is 56.2 Å². The molecule has 51 heavy (non-hydrogen) atoms. The lowest BCUT2D eigenvalue weighted by atomic mass is 9.73. The molecule has 2 nitrogen and oxygen atoms in total. The van der Waals surface area contributed by atoms with Crippen LogP contribution in [-0.2, 0) is 5.41 Å². The van der Waals surface area contributed by atoms with Crippen LogP contribution in [0.1, 0.15) is 23.6 Å². The van der Waals surface area contributed by atoms with Crippen molar-refractivity contribution in [2.24, 2.45) is 0 Å². The van der Waals surface area contributed by atoms with Crippen molar-refractivity contribution in [2.75, 3.05) is 0 Å². The molecule has 0 bridgehead atoms. The smallest absolute Gasteiger partial charge is 0.160 e. The fourth-order valence-corrected chi connectivity index (χ4v) is 9.14. The first-order valence-electron chi connectivity index (χ1n) is 17.4. The molecule has 1 aliphatic carbocycles. The number of hydrogen-bond donors (Lipinski definition) is 0. The third-order valence-corrected chi connectivity index (χ3v) is 11.8. The van der Waals surface area contributed by atoms with Gasteiger partial charge in [-0.25, -0.2) is 9.97 Å². The maximum absolute atomic E-state index is 5.25. The molecule has 0 fully saturated rings. The van der Waals surface area contributed by atoms with E-state index >= 15 is 0 Å². The predicted molar refractivity (Wildman–Crippen MR) is 214 cm³/mol. The average Bonchev–Trinajstić information content (AvgIpc) is 3.71. The van der Waals surface area contributed by atoms with Crippen LogP contribution in [-0.4, -0.2) is 9.97 Å². The highest BCUT2D eigenvalue weighted by atomic mass is 32.1. The number of benzene rings is 7. The zero-order valence-corrected chi connectivity index (χ0v) is 28.9. The highest BCUT2D eigenvalue weighted by Crippen LogP contribution is 2.52. The van der Waals surface area contributed by atoms with Gasteiger partial charge in [0.1, 0.15) is 0 Å². The van der Waals surface area contributed by atoms with E-state index in [0.29, 0.717) is 5.82 Å². The van der Waals surface area contributed by atoms with Crippen molar-refractivity contribution < 1.29 is 0 Å². The van der Waals surface area contributed by atoms with Gasteiger partial charge in [-0.2, -0.15) is 0 Å². The van der Waals surface area contributed by atoms with Crippen molar-refractivity contribution in [1.29, 1.82) is 0 Å². The van der Waals surface area contributed by atoms with Crippen molar-refractivity contribution in [3.05, 3.63) is 193 Å². The summed E-state index contributed by atoms with van der Waals surface area (Å²) in [7, 11) is 0. The van der Waals surface area contributed by atoms with E-state index in [0.717, 1.165) is 33.6 Å². The summed E-state index contributed by atoms with van der Waals surface area (Å²) in [5.41, 5.74) is 13.6. The SMILES string of the molecule is CC1(c2cccc(-c3ccccc3-c3cc(-c4ccc5sc6ccccc6c5c4)nc(-c4ccccc4)n3)c2)c2ccccc2-c2ccccc21. The van der Waals surface area contributed by atoms with Gasteiger partial charge in [0.2, 0.25) is 0 Å². The lowest BCUT2D eigenvalue weighted by molar-refractivity contribution is 0.714. The topological polar surface area (TPSA) is 25.8 Å². The Kier molecular flexibility index (Phi) is 6.83. The molecule has 240 valence electrons. The molecule has 2 heterocycles. The number of thiophene rings is 1. The van der Waals surface area contributed by atoms with Gasteiger partial charge in [-0.1, -0.05) is 146 Å². The van der Waals surface area contributed by atoms with Gasteiger partial charge in [-0.3, -0.25) is 0 Å². The highest BCUT2D eigenvalue weighted by molar-refractivity contribution is 7.25. The van der Waals surface area contributed by atoms with E-state index in [4.69, 9.17) is 9.97 Å². The van der Waals surface area contributed by atoms with Crippen molar-refractivity contribution in [1.82, 2.24) is 9.97 Å². The molecular weight excluding hydrogens is 637 g/mol. The molecule has 1 aliphatic rings. The molecule has 0 saturated carbocycles. The van der Waals surface area contributed by atoms with Gasteiger partial charge in [-0.05, 0) is 76.2 Å². The standard InChI is InChI=1S/C48H32N2S/c1-48(41-23-10-7-19-36(41)37-20-8-11-24-42(37)48)34-17-13-16-32(28-34)35-18-5-6-21-38(35)44-30-43(49-47(50-44)31-14-3-2-4-15-31)33-26-27-46-40(29-33)39-22-9-12-25-45(39)51-46/h2-30H,1H3. The number of nitrogens with zero attached hydrogens (tertiary/aromatic N) is 2. The van der Waals surface area contributed by atoms with E-state index in [-0.39, 0.29) is 5.41 Å². The lowest BCUT2D eigenvalue weighted by Crippen LogP contribution is -2.22. The lowest BCUT2D eigenvalue weighted by Gasteiger charge is -2.29. The second-order valence-corrected chi connectivity index (χ2v) is 14.6. The summed E-state index contributed by atoms with van der Waals surface area (Å²) in [6.07, 6.45) is 0. The predicted octanol–water partition coefficient (Wildman–Crippen LogP) is 12.8. The molecule has 7 aromatic carbocycles. The van der Waals surface area contributed by atoms with Crippen LogP contribution in [0.25, 0.3) is 76.3 Å². The fraction of sp³-hybridized carbons (Fsp3) is 0.0417. The Hall–Kier alpha value is -6.16. The van der Waals surface area contributed by atoms with Crippen LogP contribution in [0.15, 0.2) is 176 Å². The zero-order chi connectivity index (χ0) is 33.9. The first kappa shape index (κ1) is 29.7. The molecule has 10 rings (SSSR count). The maximum atomic E-state index is 5.25.